The van der Waals surface area contributed by atoms with Crippen LogP contribution < -0.4 is 4.90 Å². The number of para-hydroxylation sites is 1. The van der Waals surface area contributed by atoms with Crippen LogP contribution in [-0.2, 0) is 16.6 Å². The van der Waals surface area contributed by atoms with Gasteiger partial charge in [-0.3, -0.25) is 4.79 Å². The molecule has 2 aromatic carbocycles. The smallest absolute Gasteiger partial charge is 0.253 e. The Hall–Kier alpha value is -2.38. The van der Waals surface area contributed by atoms with E-state index in [-0.39, 0.29) is 16.8 Å². The highest BCUT2D eigenvalue weighted by Crippen LogP contribution is 2.28. The van der Waals surface area contributed by atoms with Crippen LogP contribution in [0.25, 0.3) is 0 Å². The first kappa shape index (κ1) is 23.8. The van der Waals surface area contributed by atoms with Gasteiger partial charge < -0.3 is 9.80 Å². The monoisotopic (exact) mass is 469 g/mol. The third-order valence-electron chi connectivity index (χ3n) is 7.06. The summed E-state index contributed by atoms with van der Waals surface area (Å²) in [4.78, 5) is 17.4. The number of carbonyl (C=O) groups excluding carboxylic acids is 1. The minimum atomic E-state index is -3.56. The number of nitrogens with zero attached hydrogens (tertiary/aromatic N) is 3. The van der Waals surface area contributed by atoms with Crippen LogP contribution in [0.2, 0.25) is 0 Å². The highest BCUT2D eigenvalue weighted by atomic mass is 32.2. The lowest BCUT2D eigenvalue weighted by molar-refractivity contribution is 0.0785. The lowest BCUT2D eigenvalue weighted by Gasteiger charge is -2.30. The second-order valence-electron chi connectivity index (χ2n) is 9.32. The average Bonchev–Trinajstić information content (AvgIpc) is 3.39. The van der Waals surface area contributed by atoms with E-state index in [1.807, 2.05) is 12.1 Å². The SMILES string of the molecule is CN(Cc1ccccc1N1CCCC1)C(=O)c1ccc(S(=O)(=O)N(C)C2CCCCC2)cc1. The fraction of sp³-hybridized carbons (Fsp3) is 0.500. The summed E-state index contributed by atoms with van der Waals surface area (Å²) >= 11 is 0. The fourth-order valence-corrected chi connectivity index (χ4v) is 6.45. The standard InChI is InChI=1S/C26H35N3O3S/c1-27(20-22-10-6-7-13-25(22)29-18-8-9-19-29)26(30)21-14-16-24(17-15-21)33(31,32)28(2)23-11-4-3-5-12-23/h6-7,10,13-17,23H,3-5,8-9,11-12,18-20H2,1-2H3. The number of amides is 1. The molecule has 0 N–H and O–H groups in total. The molecule has 0 spiro atoms. The first-order valence-electron chi connectivity index (χ1n) is 12.0. The Bertz CT molecular complexity index is 1060. The fourth-order valence-electron chi connectivity index (χ4n) is 5.04. The van der Waals surface area contributed by atoms with E-state index in [4.69, 9.17) is 0 Å². The zero-order valence-electron chi connectivity index (χ0n) is 19.7. The van der Waals surface area contributed by atoms with Crippen molar-refractivity contribution >= 4 is 21.6 Å². The van der Waals surface area contributed by atoms with Crippen molar-refractivity contribution in [2.45, 2.75) is 62.4 Å². The molecule has 0 radical (unpaired) electrons. The molecule has 7 heteroatoms. The molecular formula is C26H35N3O3S. The number of rotatable bonds is 7. The van der Waals surface area contributed by atoms with Gasteiger partial charge in [0.15, 0.2) is 0 Å². The summed E-state index contributed by atoms with van der Waals surface area (Å²) in [5.41, 5.74) is 2.82. The summed E-state index contributed by atoms with van der Waals surface area (Å²) in [6.45, 7) is 2.62. The summed E-state index contributed by atoms with van der Waals surface area (Å²) in [6, 6.07) is 14.7. The van der Waals surface area contributed by atoms with E-state index >= 15 is 0 Å². The normalized spacial score (nSPS) is 17.5. The molecule has 1 amide bonds. The third kappa shape index (κ3) is 5.25. The Kier molecular flexibility index (Phi) is 7.39. The van der Waals surface area contributed by atoms with Gasteiger partial charge in [-0.2, -0.15) is 4.31 Å². The second kappa shape index (κ2) is 10.3. The van der Waals surface area contributed by atoms with Gasteiger partial charge in [-0.25, -0.2) is 8.42 Å². The van der Waals surface area contributed by atoms with E-state index < -0.39 is 10.0 Å². The van der Waals surface area contributed by atoms with Gasteiger partial charge in [-0.15, -0.1) is 0 Å². The molecule has 4 rings (SSSR count). The van der Waals surface area contributed by atoms with Crippen molar-refractivity contribution in [1.82, 2.24) is 9.21 Å². The lowest BCUT2D eigenvalue weighted by atomic mass is 9.96. The molecule has 178 valence electrons. The zero-order valence-corrected chi connectivity index (χ0v) is 20.6. The summed E-state index contributed by atoms with van der Waals surface area (Å²) in [6.07, 6.45) is 7.56. The quantitative estimate of drug-likeness (QED) is 0.599. The number of hydrogen-bond donors (Lipinski definition) is 0. The molecule has 1 heterocycles. The Morgan fingerprint density at radius 2 is 1.55 bits per heavy atom. The van der Waals surface area contributed by atoms with Crippen molar-refractivity contribution < 1.29 is 13.2 Å². The topological polar surface area (TPSA) is 60.9 Å². The van der Waals surface area contributed by atoms with E-state index in [1.165, 1.54) is 29.3 Å². The molecule has 1 aliphatic carbocycles. The molecule has 0 aromatic heterocycles. The van der Waals surface area contributed by atoms with E-state index in [1.54, 1.807) is 43.3 Å². The maximum atomic E-state index is 13.1. The molecule has 0 unspecified atom stereocenters. The minimum Gasteiger partial charge on any atom is -0.371 e. The number of benzene rings is 2. The largest absolute Gasteiger partial charge is 0.371 e. The molecule has 1 saturated heterocycles. The van der Waals surface area contributed by atoms with Crippen LogP contribution in [0.1, 0.15) is 60.9 Å². The Morgan fingerprint density at radius 3 is 2.21 bits per heavy atom. The van der Waals surface area contributed by atoms with Crippen LogP contribution in [0, 0.1) is 0 Å². The van der Waals surface area contributed by atoms with Crippen LogP contribution in [-0.4, -0.2) is 56.8 Å². The van der Waals surface area contributed by atoms with Gasteiger partial charge in [0.2, 0.25) is 10.0 Å². The van der Waals surface area contributed by atoms with Crippen molar-refractivity contribution in [2.75, 3.05) is 32.1 Å². The van der Waals surface area contributed by atoms with E-state index in [0.29, 0.717) is 12.1 Å². The Morgan fingerprint density at radius 1 is 0.909 bits per heavy atom. The highest BCUT2D eigenvalue weighted by molar-refractivity contribution is 7.89. The minimum absolute atomic E-state index is 0.0619. The first-order chi connectivity index (χ1) is 15.9. The summed E-state index contributed by atoms with van der Waals surface area (Å²) in [5, 5.41) is 0. The van der Waals surface area contributed by atoms with Gasteiger partial charge in [-0.05, 0) is 61.6 Å². The van der Waals surface area contributed by atoms with Gasteiger partial charge in [0.1, 0.15) is 0 Å². The molecule has 33 heavy (non-hydrogen) atoms. The summed E-state index contributed by atoms with van der Waals surface area (Å²) < 4.78 is 27.7. The average molecular weight is 470 g/mol. The maximum absolute atomic E-state index is 13.1. The predicted molar refractivity (Wildman–Crippen MR) is 132 cm³/mol. The molecule has 6 nitrogen and oxygen atoms in total. The van der Waals surface area contributed by atoms with E-state index in [2.05, 4.69) is 17.0 Å². The number of sulfonamides is 1. The molecule has 1 saturated carbocycles. The van der Waals surface area contributed by atoms with Crippen molar-refractivity contribution in [3.05, 3.63) is 59.7 Å². The molecule has 1 aliphatic heterocycles. The molecular weight excluding hydrogens is 434 g/mol. The van der Waals surface area contributed by atoms with Crippen LogP contribution in [0.4, 0.5) is 5.69 Å². The van der Waals surface area contributed by atoms with Crippen LogP contribution in [0.5, 0.6) is 0 Å². The number of hydrogen-bond acceptors (Lipinski definition) is 4. The van der Waals surface area contributed by atoms with Gasteiger partial charge >= 0.3 is 0 Å². The molecule has 0 bridgehead atoms. The van der Waals surface area contributed by atoms with Crippen LogP contribution in [0.3, 0.4) is 0 Å². The molecule has 2 aliphatic rings. The third-order valence-corrected chi connectivity index (χ3v) is 8.98. The number of carbonyl (C=O) groups is 1. The first-order valence-corrected chi connectivity index (χ1v) is 13.5. The van der Waals surface area contributed by atoms with Crippen molar-refractivity contribution in [1.29, 1.82) is 0 Å². The Balaban J connectivity index is 1.45. The van der Waals surface area contributed by atoms with Gasteiger partial charge in [-0.1, -0.05) is 37.5 Å². The van der Waals surface area contributed by atoms with Crippen LogP contribution in [0.15, 0.2) is 53.4 Å². The molecule has 0 atom stereocenters. The van der Waals surface area contributed by atoms with Gasteiger partial charge in [0, 0.05) is 51.0 Å². The van der Waals surface area contributed by atoms with Crippen molar-refractivity contribution in [2.24, 2.45) is 0 Å². The molecule has 2 aromatic rings. The second-order valence-corrected chi connectivity index (χ2v) is 11.3. The Labute approximate surface area is 198 Å². The summed E-state index contributed by atoms with van der Waals surface area (Å²) in [7, 11) is -0.0893. The van der Waals surface area contributed by atoms with E-state index in [0.717, 1.165) is 44.3 Å². The van der Waals surface area contributed by atoms with Gasteiger partial charge in [0.05, 0.1) is 4.90 Å². The van der Waals surface area contributed by atoms with Gasteiger partial charge in [0.25, 0.3) is 5.91 Å². The predicted octanol–water partition coefficient (Wildman–Crippen LogP) is 4.51. The molecule has 2 fully saturated rings. The zero-order chi connectivity index (χ0) is 23.4. The van der Waals surface area contributed by atoms with Crippen LogP contribution >= 0.6 is 0 Å². The lowest BCUT2D eigenvalue weighted by Crippen LogP contribution is -2.38. The highest BCUT2D eigenvalue weighted by Gasteiger charge is 2.29. The maximum Gasteiger partial charge on any atom is 0.253 e. The van der Waals surface area contributed by atoms with Crippen molar-refractivity contribution in [3.8, 4) is 0 Å². The van der Waals surface area contributed by atoms with Crippen molar-refractivity contribution in [3.63, 3.8) is 0 Å². The number of anilines is 1. The summed E-state index contributed by atoms with van der Waals surface area (Å²) in [5.74, 6) is -0.115. The van der Waals surface area contributed by atoms with E-state index in [9.17, 15) is 13.2 Å².